The number of benzene rings is 4. The molecule has 0 unspecified atom stereocenters. The second-order valence-electron chi connectivity index (χ2n) is 19.9. The molecule has 60 heavy (non-hydrogen) atoms. The molecule has 0 aromatic heterocycles. The average Bonchev–Trinajstić information content (AvgIpc) is 3.81. The van der Waals surface area contributed by atoms with E-state index in [0.29, 0.717) is 23.7 Å². The van der Waals surface area contributed by atoms with Crippen LogP contribution in [0, 0.1) is 0 Å². The number of halogens is 2. The third-order valence-electron chi connectivity index (χ3n) is 11.5. The normalized spacial score (nSPS) is 11.7. The quantitative estimate of drug-likeness (QED) is 0.105. The van der Waals surface area contributed by atoms with Crippen LogP contribution in [-0.2, 0) is 44.5 Å². The van der Waals surface area contributed by atoms with Gasteiger partial charge in [-0.1, -0.05) is 183 Å². The maximum atomic E-state index is 4.93. The van der Waals surface area contributed by atoms with Gasteiger partial charge in [0.2, 0.25) is 0 Å². The summed E-state index contributed by atoms with van der Waals surface area (Å²) in [7, 11) is 11.0. The summed E-state index contributed by atoms with van der Waals surface area (Å²) in [6, 6.07) is 33.4. The first-order chi connectivity index (χ1) is 28.1. The van der Waals surface area contributed by atoms with Crippen LogP contribution in [0.5, 0.6) is 0 Å². The van der Waals surface area contributed by atoms with Gasteiger partial charge in [0.15, 0.2) is 0 Å². The Labute approximate surface area is 388 Å². The molecule has 0 heterocycles. The molecule has 4 heteroatoms. The maximum absolute atomic E-state index is 4.93. The third kappa shape index (κ3) is 13.4. The summed E-state index contributed by atoms with van der Waals surface area (Å²) in [5.74, 6) is 2.13. The monoisotopic (exact) mass is 936 g/mol. The first-order valence-corrected chi connectivity index (χ1v) is 30.7. The van der Waals surface area contributed by atoms with Crippen molar-refractivity contribution in [2.24, 2.45) is 0 Å². The van der Waals surface area contributed by atoms with Gasteiger partial charge in [-0.3, -0.25) is 0 Å². The second-order valence-corrected chi connectivity index (χ2v) is 24.6. The Hall–Kier alpha value is -2.22. The Morgan fingerprint density at radius 1 is 0.500 bits per heavy atom. The Morgan fingerprint density at radius 3 is 0.983 bits per heavy atom. The zero-order valence-electron chi connectivity index (χ0n) is 40.6. The van der Waals surface area contributed by atoms with Crippen molar-refractivity contribution in [3.05, 3.63) is 129 Å². The van der Waals surface area contributed by atoms with E-state index in [-0.39, 0.29) is 10.8 Å². The van der Waals surface area contributed by atoms with Crippen molar-refractivity contribution in [2.75, 3.05) is 0 Å². The van der Waals surface area contributed by atoms with Crippen LogP contribution in [0.4, 0.5) is 0 Å². The Morgan fingerprint density at radius 2 is 0.767 bits per heavy atom. The van der Waals surface area contributed by atoms with E-state index in [1.54, 1.807) is 0 Å². The fraction of sp³-hybridized carbons (Fsp3) is 0.464. The van der Waals surface area contributed by atoms with Crippen molar-refractivity contribution >= 4 is 48.1 Å². The molecule has 0 aliphatic carbocycles. The minimum absolute atomic E-state index is 0.110. The summed E-state index contributed by atoms with van der Waals surface area (Å²) in [6.45, 7) is 41.2. The van der Waals surface area contributed by atoms with Crippen LogP contribution in [0.25, 0.3) is 43.8 Å². The van der Waals surface area contributed by atoms with Crippen molar-refractivity contribution in [2.45, 2.75) is 171 Å². The molecule has 6 aromatic carbocycles. The molecule has 2 radical (unpaired) electrons. The van der Waals surface area contributed by atoms with Gasteiger partial charge in [0.05, 0.1) is 0 Å². The zero-order chi connectivity index (χ0) is 45.3. The topological polar surface area (TPSA) is 0 Å². The minimum atomic E-state index is -0.826. The molecule has 6 aromatic rings. The van der Waals surface area contributed by atoms with Gasteiger partial charge in [-0.15, -0.1) is 69.1 Å². The van der Waals surface area contributed by atoms with Crippen LogP contribution in [0.1, 0.15) is 179 Å². The van der Waals surface area contributed by atoms with E-state index in [9.17, 15) is 0 Å². The van der Waals surface area contributed by atoms with Gasteiger partial charge in [-0.05, 0) is 80.7 Å². The standard InChI is InChI=1S/2C27H35.C2H6Si.2ClH.Zr/c2*1-9-19-12-20-10-11-25(27(6,7)8)26(24(20)13-19)23-15-21(17(2)3)14-22(16-23)18(4)5;1-3-2;;;/h2*10-18H,9H2,1-8H3;1-2H3;2*1H;/q2*-1;;;;+4/p-2. The van der Waals surface area contributed by atoms with Crippen molar-refractivity contribution in [3.63, 3.8) is 0 Å². The van der Waals surface area contributed by atoms with Crippen LogP contribution in [0.3, 0.4) is 0 Å². The predicted molar refractivity (Wildman–Crippen MR) is 272 cm³/mol. The van der Waals surface area contributed by atoms with Crippen LogP contribution in [-0.4, -0.2) is 9.52 Å². The molecule has 0 N–H and O–H groups in total. The van der Waals surface area contributed by atoms with Crippen LogP contribution in [0.2, 0.25) is 13.1 Å². The fourth-order valence-electron chi connectivity index (χ4n) is 7.94. The molecule has 0 fully saturated rings. The average molecular weight is 939 g/mol. The summed E-state index contributed by atoms with van der Waals surface area (Å²) in [4.78, 5) is 0. The predicted octanol–water partition coefficient (Wildman–Crippen LogP) is 18.8. The SMILES string of the molecule is CCc1cc2c(-c3cc(C(C)C)cc(C(C)C)c3)c(C(C)(C)C)ccc2[cH-]1.CCc1cc2c(-c3cc(C(C)C)cc(C(C)C)c3)c(C(C)(C)C)ccc2[cH-]1.C[Si]C.[Cl][Zr+2][Cl]. The van der Waals surface area contributed by atoms with Crippen LogP contribution < -0.4 is 0 Å². The van der Waals surface area contributed by atoms with E-state index in [1.165, 1.54) is 88.3 Å². The van der Waals surface area contributed by atoms with Gasteiger partial charge in [0.25, 0.3) is 0 Å². The van der Waals surface area contributed by atoms with Crippen LogP contribution >= 0.6 is 17.0 Å². The molecule has 0 saturated carbocycles. The molecule has 0 atom stereocenters. The second kappa shape index (κ2) is 22.9. The molecular formula is C56H76Cl2SiZr. The van der Waals surface area contributed by atoms with Crippen molar-refractivity contribution in [1.29, 1.82) is 0 Å². The molecule has 0 spiro atoms. The van der Waals surface area contributed by atoms with E-state index >= 15 is 0 Å². The first kappa shape index (κ1) is 52.1. The number of rotatable bonds is 8. The van der Waals surface area contributed by atoms with E-state index in [4.69, 9.17) is 17.0 Å². The molecular weight excluding hydrogens is 863 g/mol. The van der Waals surface area contributed by atoms with Gasteiger partial charge >= 0.3 is 37.9 Å². The Balaban J connectivity index is 0.000000283. The van der Waals surface area contributed by atoms with Gasteiger partial charge in [0, 0.05) is 9.52 Å². The summed E-state index contributed by atoms with van der Waals surface area (Å²) in [5, 5.41) is 5.57. The van der Waals surface area contributed by atoms with Crippen molar-refractivity contribution < 1.29 is 20.8 Å². The molecule has 0 nitrogen and oxygen atoms in total. The first-order valence-electron chi connectivity index (χ1n) is 22.4. The van der Waals surface area contributed by atoms with E-state index in [2.05, 4.69) is 209 Å². The molecule has 0 aliphatic rings. The Bertz CT molecular complexity index is 2050. The molecule has 0 saturated heterocycles. The van der Waals surface area contributed by atoms with E-state index < -0.39 is 20.8 Å². The van der Waals surface area contributed by atoms with Gasteiger partial charge in [-0.25, -0.2) is 0 Å². The number of hydrogen-bond donors (Lipinski definition) is 0. The zero-order valence-corrected chi connectivity index (χ0v) is 45.5. The molecule has 0 amide bonds. The molecule has 0 aliphatic heterocycles. The summed E-state index contributed by atoms with van der Waals surface area (Å²) >= 11 is -0.826. The third-order valence-corrected chi connectivity index (χ3v) is 11.5. The molecule has 6 rings (SSSR count). The van der Waals surface area contributed by atoms with Gasteiger partial charge < -0.3 is 0 Å². The number of fused-ring (bicyclic) bond motifs is 2. The number of aryl methyl sites for hydroxylation is 2. The van der Waals surface area contributed by atoms with Gasteiger partial charge in [0.1, 0.15) is 0 Å². The van der Waals surface area contributed by atoms with E-state index in [1.807, 2.05) is 0 Å². The summed E-state index contributed by atoms with van der Waals surface area (Å²) < 4.78 is 0. The van der Waals surface area contributed by atoms with Crippen molar-refractivity contribution in [1.82, 2.24) is 0 Å². The van der Waals surface area contributed by atoms with E-state index in [0.717, 1.165) is 22.4 Å². The van der Waals surface area contributed by atoms with Gasteiger partial charge in [-0.2, -0.15) is 12.1 Å². The molecule has 0 bridgehead atoms. The Kier molecular flexibility index (Phi) is 19.9. The molecule has 322 valence electrons. The summed E-state index contributed by atoms with van der Waals surface area (Å²) in [5.41, 5.74) is 17.4. The van der Waals surface area contributed by atoms with Crippen LogP contribution in [0.15, 0.2) is 84.9 Å². The summed E-state index contributed by atoms with van der Waals surface area (Å²) in [6.07, 6.45) is 2.17. The fourth-order valence-corrected chi connectivity index (χ4v) is 7.94. The number of hydrogen-bond acceptors (Lipinski definition) is 0. The van der Waals surface area contributed by atoms with Crippen molar-refractivity contribution in [3.8, 4) is 22.3 Å².